The van der Waals surface area contributed by atoms with Crippen LogP contribution in [0.3, 0.4) is 0 Å². The summed E-state index contributed by atoms with van der Waals surface area (Å²) in [6.07, 6.45) is 2.25. The zero-order valence-electron chi connectivity index (χ0n) is 24.4. The molecule has 4 aromatic rings. The monoisotopic (exact) mass is 569 g/mol. The molecule has 0 saturated heterocycles. The van der Waals surface area contributed by atoms with Gasteiger partial charge in [0.25, 0.3) is 0 Å². The minimum absolute atomic E-state index is 0.0929. The molecule has 5 rings (SSSR count). The third kappa shape index (κ3) is 4.91. The molecule has 8 nitrogen and oxygen atoms in total. The molecule has 8 heteroatoms. The number of nitrogens with zero attached hydrogens (tertiary/aromatic N) is 1. The van der Waals surface area contributed by atoms with E-state index in [4.69, 9.17) is 18.9 Å². The van der Waals surface area contributed by atoms with Gasteiger partial charge in [-0.15, -0.1) is 13.2 Å². The van der Waals surface area contributed by atoms with E-state index in [-0.39, 0.29) is 18.3 Å². The van der Waals surface area contributed by atoms with Gasteiger partial charge in [0, 0.05) is 26.0 Å². The molecule has 0 unspecified atom stereocenters. The number of benzene rings is 3. The number of rotatable bonds is 9. The molecule has 2 atom stereocenters. The molecule has 0 saturated carbocycles. The molecule has 0 radical (unpaired) electrons. The lowest BCUT2D eigenvalue weighted by Crippen LogP contribution is -2.52. The van der Waals surface area contributed by atoms with Gasteiger partial charge in [-0.25, -0.2) is 0 Å². The van der Waals surface area contributed by atoms with E-state index in [2.05, 4.69) is 13.2 Å². The molecule has 0 amide bonds. The molecule has 1 aliphatic heterocycles. The number of aryl methyl sites for hydroxylation is 1. The van der Waals surface area contributed by atoms with Crippen LogP contribution in [0.4, 0.5) is 0 Å². The topological polar surface area (TPSA) is 93.1 Å². The molecular weight excluding hydrogens is 534 g/mol. The lowest BCUT2D eigenvalue weighted by molar-refractivity contribution is -0.190. The summed E-state index contributed by atoms with van der Waals surface area (Å²) in [6, 6.07) is 13.2. The number of hydrogen-bond donors (Lipinski definition) is 0. The van der Waals surface area contributed by atoms with E-state index in [0.29, 0.717) is 51.7 Å². The number of methoxy groups -OCH3 is 1. The Hall–Kier alpha value is -4.59. The van der Waals surface area contributed by atoms with Gasteiger partial charge in [-0.05, 0) is 43.5 Å². The zero-order chi connectivity index (χ0) is 30.2. The van der Waals surface area contributed by atoms with Gasteiger partial charge < -0.3 is 23.5 Å². The average Bonchev–Trinajstić information content (AvgIpc) is 2.97. The van der Waals surface area contributed by atoms with E-state index in [1.807, 2.05) is 48.0 Å². The second-order valence-electron chi connectivity index (χ2n) is 11.0. The van der Waals surface area contributed by atoms with Gasteiger partial charge in [0.05, 0.1) is 34.5 Å². The molecule has 3 aromatic carbocycles. The first-order valence-corrected chi connectivity index (χ1v) is 14.0. The van der Waals surface area contributed by atoms with E-state index < -0.39 is 29.7 Å². The summed E-state index contributed by atoms with van der Waals surface area (Å²) in [7, 11) is 3.35. The summed E-state index contributed by atoms with van der Waals surface area (Å²) in [4.78, 5) is 40.4. The zero-order valence-corrected chi connectivity index (χ0v) is 24.4. The van der Waals surface area contributed by atoms with Crippen molar-refractivity contribution in [1.82, 2.24) is 4.57 Å². The van der Waals surface area contributed by atoms with Crippen molar-refractivity contribution < 1.29 is 28.5 Å². The van der Waals surface area contributed by atoms with Crippen molar-refractivity contribution in [2.75, 3.05) is 7.11 Å². The van der Waals surface area contributed by atoms with Crippen molar-refractivity contribution >= 4 is 44.5 Å². The fourth-order valence-corrected chi connectivity index (χ4v) is 5.77. The number of aromatic nitrogens is 1. The Bertz CT molecular complexity index is 1800. The second kappa shape index (κ2) is 11.4. The predicted octanol–water partition coefficient (Wildman–Crippen LogP) is 6.45. The van der Waals surface area contributed by atoms with Crippen LogP contribution in [-0.2, 0) is 26.1 Å². The standard InChI is InChI=1S/C34H35NO7/c1-7-9-15-25(36)40-32-29-24(42-34(3,4)33(32)41-26(37)16-10-8-2)19-23(39-6)28-30(29)35(5)22-18-17-20-13-11-12-14-21(20)27(22)31(28)38/h7-8,11-14,17-19,32-33H,1-2,9-10,15-16H2,3-6H3/t32-,33-/m1/s1. The lowest BCUT2D eigenvalue weighted by atomic mass is 9.86. The maximum absolute atomic E-state index is 14.3. The van der Waals surface area contributed by atoms with Crippen molar-refractivity contribution in [3.05, 3.63) is 83.6 Å². The largest absolute Gasteiger partial charge is 0.496 e. The SMILES string of the molecule is C=CCCC(=O)O[C@@H]1c2c(cc(OC)c3c(=O)c4c5ccccc5ccc4n(C)c23)OC(C)(C)[C@@H]1OC(=O)CCC=C. The number of pyridine rings is 1. The Morgan fingerprint density at radius 1 is 1.00 bits per heavy atom. The van der Waals surface area contributed by atoms with Crippen LogP contribution in [0.5, 0.6) is 11.5 Å². The highest BCUT2D eigenvalue weighted by Gasteiger charge is 2.50. The van der Waals surface area contributed by atoms with Crippen molar-refractivity contribution in [1.29, 1.82) is 0 Å². The van der Waals surface area contributed by atoms with Gasteiger partial charge in [0.2, 0.25) is 5.43 Å². The Morgan fingerprint density at radius 3 is 2.33 bits per heavy atom. The summed E-state index contributed by atoms with van der Waals surface area (Å²) in [5.74, 6) is -0.264. The van der Waals surface area contributed by atoms with Gasteiger partial charge in [0.1, 0.15) is 17.1 Å². The summed E-state index contributed by atoms with van der Waals surface area (Å²) in [6.45, 7) is 10.9. The van der Waals surface area contributed by atoms with Crippen molar-refractivity contribution in [2.24, 2.45) is 7.05 Å². The molecular formula is C34H35NO7. The Labute approximate surface area is 244 Å². The number of esters is 2. The third-order valence-corrected chi connectivity index (χ3v) is 7.78. The fourth-order valence-electron chi connectivity index (χ4n) is 5.77. The number of carbonyl (C=O) groups excluding carboxylic acids is 2. The van der Waals surface area contributed by atoms with Gasteiger partial charge in [-0.1, -0.05) is 42.5 Å². The van der Waals surface area contributed by atoms with E-state index in [0.717, 1.165) is 10.8 Å². The van der Waals surface area contributed by atoms with Crippen LogP contribution in [0.15, 0.2) is 72.6 Å². The number of fused-ring (bicyclic) bond motifs is 6. The average molecular weight is 570 g/mol. The van der Waals surface area contributed by atoms with Crippen molar-refractivity contribution in [3.63, 3.8) is 0 Å². The Morgan fingerprint density at radius 2 is 1.67 bits per heavy atom. The lowest BCUT2D eigenvalue weighted by Gasteiger charge is -2.44. The van der Waals surface area contributed by atoms with E-state index in [1.54, 1.807) is 32.1 Å². The molecule has 0 aliphatic carbocycles. The first kappa shape index (κ1) is 28.9. The van der Waals surface area contributed by atoms with Gasteiger partial charge in [-0.3, -0.25) is 14.4 Å². The minimum Gasteiger partial charge on any atom is -0.496 e. The van der Waals surface area contributed by atoms with E-state index in [9.17, 15) is 14.4 Å². The molecule has 0 spiro atoms. The summed E-state index contributed by atoms with van der Waals surface area (Å²) in [5.41, 5.74) is 0.276. The van der Waals surface area contributed by atoms with Crippen LogP contribution in [0.25, 0.3) is 32.6 Å². The van der Waals surface area contributed by atoms with Gasteiger partial charge >= 0.3 is 11.9 Å². The number of carbonyl (C=O) groups is 2. The maximum Gasteiger partial charge on any atom is 0.306 e. The Kier molecular flexibility index (Phi) is 7.82. The summed E-state index contributed by atoms with van der Waals surface area (Å²) < 4.78 is 26.2. The van der Waals surface area contributed by atoms with Crippen molar-refractivity contribution in [2.45, 2.75) is 57.3 Å². The number of allylic oxidation sites excluding steroid dienone is 2. The normalized spacial score (nSPS) is 17.3. The number of ether oxygens (including phenoxy) is 4. The molecule has 1 aromatic heterocycles. The smallest absolute Gasteiger partial charge is 0.306 e. The summed E-state index contributed by atoms with van der Waals surface area (Å²) in [5, 5.41) is 2.61. The Balaban J connectivity index is 1.84. The molecule has 0 fully saturated rings. The predicted molar refractivity (Wildman–Crippen MR) is 163 cm³/mol. The van der Waals surface area contributed by atoms with Crippen LogP contribution in [0, 0.1) is 0 Å². The quantitative estimate of drug-likeness (QED) is 0.0989. The van der Waals surface area contributed by atoms with Crippen LogP contribution in [0.2, 0.25) is 0 Å². The molecule has 42 heavy (non-hydrogen) atoms. The maximum atomic E-state index is 14.3. The van der Waals surface area contributed by atoms with Crippen LogP contribution in [0.1, 0.15) is 51.2 Å². The molecule has 1 aliphatic rings. The van der Waals surface area contributed by atoms with Crippen LogP contribution in [-0.4, -0.2) is 35.3 Å². The molecule has 2 heterocycles. The van der Waals surface area contributed by atoms with Crippen molar-refractivity contribution in [3.8, 4) is 11.5 Å². The second-order valence-corrected chi connectivity index (χ2v) is 11.0. The third-order valence-electron chi connectivity index (χ3n) is 7.78. The number of hydrogen-bond acceptors (Lipinski definition) is 7. The molecule has 218 valence electrons. The summed E-state index contributed by atoms with van der Waals surface area (Å²) >= 11 is 0. The molecule has 0 N–H and O–H groups in total. The van der Waals surface area contributed by atoms with Gasteiger partial charge in [-0.2, -0.15) is 0 Å². The molecule has 0 bridgehead atoms. The van der Waals surface area contributed by atoms with E-state index >= 15 is 0 Å². The first-order chi connectivity index (χ1) is 20.1. The highest BCUT2D eigenvalue weighted by Crippen LogP contribution is 2.49. The van der Waals surface area contributed by atoms with E-state index in [1.165, 1.54) is 7.11 Å². The highest BCUT2D eigenvalue weighted by molar-refractivity contribution is 6.11. The highest BCUT2D eigenvalue weighted by atomic mass is 16.6. The fraction of sp³-hybridized carbons (Fsp3) is 0.324. The van der Waals surface area contributed by atoms with Crippen LogP contribution < -0.4 is 14.9 Å². The minimum atomic E-state index is -1.09. The first-order valence-electron chi connectivity index (χ1n) is 14.0. The van der Waals surface area contributed by atoms with Crippen LogP contribution >= 0.6 is 0 Å². The van der Waals surface area contributed by atoms with Gasteiger partial charge in [0.15, 0.2) is 12.2 Å².